The Hall–Kier alpha value is -1.21. The van der Waals surface area contributed by atoms with E-state index < -0.39 is 11.7 Å². The second kappa shape index (κ2) is 7.35. The van der Waals surface area contributed by atoms with E-state index in [1.54, 1.807) is 6.07 Å². The molecule has 2 aliphatic heterocycles. The summed E-state index contributed by atoms with van der Waals surface area (Å²) in [7, 11) is 0. The summed E-state index contributed by atoms with van der Waals surface area (Å²) in [6.45, 7) is 3.48. The maximum Gasteiger partial charge on any atom is 0.416 e. The highest BCUT2D eigenvalue weighted by Gasteiger charge is 2.33. The van der Waals surface area contributed by atoms with Crippen LogP contribution in [-0.4, -0.2) is 53.4 Å². The average Bonchev–Trinajstić information content (AvgIpc) is 3.03. The maximum atomic E-state index is 12.8. The number of likely N-dealkylation sites (tertiary alicyclic amines) is 1. The molecule has 3 rings (SSSR count). The van der Waals surface area contributed by atoms with Crippen LogP contribution in [0.1, 0.15) is 17.5 Å². The zero-order valence-electron chi connectivity index (χ0n) is 13.4. The van der Waals surface area contributed by atoms with Gasteiger partial charge in [0.25, 0.3) is 0 Å². The number of hydrogen-bond acceptors (Lipinski definition) is 3. The Morgan fingerprint density at radius 3 is 2.67 bits per heavy atom. The molecule has 2 aliphatic rings. The first kappa shape index (κ1) is 17.6. The van der Waals surface area contributed by atoms with Gasteiger partial charge in [-0.05, 0) is 24.6 Å². The van der Waals surface area contributed by atoms with Gasteiger partial charge >= 0.3 is 6.18 Å². The van der Waals surface area contributed by atoms with Gasteiger partial charge in [-0.1, -0.05) is 18.2 Å². The SMILES string of the molecule is O=C(C1CCN(Cc2cccc(C(F)(F)F)c2)C1)N1CCSCC1. The van der Waals surface area contributed by atoms with Crippen molar-refractivity contribution in [3.8, 4) is 0 Å². The molecule has 0 spiro atoms. The molecule has 1 atom stereocenters. The number of halogens is 3. The predicted octanol–water partition coefficient (Wildman–Crippen LogP) is 3.10. The van der Waals surface area contributed by atoms with Crippen LogP contribution >= 0.6 is 11.8 Å². The van der Waals surface area contributed by atoms with Gasteiger partial charge in [-0.25, -0.2) is 0 Å². The summed E-state index contributed by atoms with van der Waals surface area (Å²) >= 11 is 1.87. The third-order valence-electron chi connectivity index (χ3n) is 4.60. The monoisotopic (exact) mass is 358 g/mol. The predicted molar refractivity (Wildman–Crippen MR) is 88.7 cm³/mol. The Bertz CT molecular complexity index is 587. The first-order chi connectivity index (χ1) is 11.4. The molecule has 1 unspecified atom stereocenters. The summed E-state index contributed by atoms with van der Waals surface area (Å²) in [5.74, 6) is 2.18. The summed E-state index contributed by atoms with van der Waals surface area (Å²) in [6, 6.07) is 5.46. The van der Waals surface area contributed by atoms with Gasteiger partial charge in [0.1, 0.15) is 0 Å². The number of rotatable bonds is 3. The molecule has 0 aliphatic carbocycles. The number of alkyl halides is 3. The summed E-state index contributed by atoms with van der Waals surface area (Å²) in [5, 5.41) is 0. The fourth-order valence-electron chi connectivity index (χ4n) is 3.32. The quantitative estimate of drug-likeness (QED) is 0.830. The molecule has 132 valence electrons. The van der Waals surface area contributed by atoms with E-state index in [4.69, 9.17) is 0 Å². The molecule has 3 nitrogen and oxygen atoms in total. The number of carbonyl (C=O) groups excluding carboxylic acids is 1. The van der Waals surface area contributed by atoms with Crippen LogP contribution in [0.4, 0.5) is 13.2 Å². The van der Waals surface area contributed by atoms with Crippen LogP contribution in [0.2, 0.25) is 0 Å². The lowest BCUT2D eigenvalue weighted by Gasteiger charge is -2.29. The van der Waals surface area contributed by atoms with Crippen LogP contribution in [0.5, 0.6) is 0 Å². The second-order valence-corrected chi connectivity index (χ2v) is 7.58. The number of nitrogens with zero attached hydrogens (tertiary/aromatic N) is 2. The highest BCUT2D eigenvalue weighted by molar-refractivity contribution is 7.99. The number of carbonyl (C=O) groups is 1. The molecular formula is C17H21F3N2OS. The molecule has 24 heavy (non-hydrogen) atoms. The lowest BCUT2D eigenvalue weighted by atomic mass is 10.1. The Kier molecular flexibility index (Phi) is 5.39. The molecule has 1 aromatic rings. The minimum absolute atomic E-state index is 0.0149. The topological polar surface area (TPSA) is 23.6 Å². The van der Waals surface area contributed by atoms with Gasteiger partial charge in [0.05, 0.1) is 11.5 Å². The lowest BCUT2D eigenvalue weighted by molar-refractivity contribution is -0.137. The van der Waals surface area contributed by atoms with Gasteiger partial charge in [-0.3, -0.25) is 9.69 Å². The van der Waals surface area contributed by atoms with Gasteiger partial charge in [-0.15, -0.1) is 0 Å². The molecule has 0 saturated carbocycles. The van der Waals surface area contributed by atoms with E-state index in [2.05, 4.69) is 4.90 Å². The summed E-state index contributed by atoms with van der Waals surface area (Å²) in [5.41, 5.74) is 0.0323. The van der Waals surface area contributed by atoms with E-state index in [9.17, 15) is 18.0 Å². The summed E-state index contributed by atoms with van der Waals surface area (Å²) in [4.78, 5) is 16.5. The van der Waals surface area contributed by atoms with Crippen molar-refractivity contribution >= 4 is 17.7 Å². The van der Waals surface area contributed by atoms with Crippen LogP contribution < -0.4 is 0 Å². The molecule has 2 fully saturated rings. The summed E-state index contributed by atoms with van der Waals surface area (Å²) in [6.07, 6.45) is -3.52. The molecule has 0 radical (unpaired) electrons. The van der Waals surface area contributed by atoms with Crippen molar-refractivity contribution in [2.75, 3.05) is 37.7 Å². The molecule has 1 aromatic carbocycles. The van der Waals surface area contributed by atoms with E-state index in [1.807, 2.05) is 16.7 Å². The molecule has 7 heteroatoms. The maximum absolute atomic E-state index is 12.8. The van der Waals surface area contributed by atoms with Crippen LogP contribution in [-0.2, 0) is 17.5 Å². The molecule has 0 bridgehead atoms. The van der Waals surface area contributed by atoms with Gasteiger partial charge in [0.15, 0.2) is 0 Å². The zero-order valence-corrected chi connectivity index (χ0v) is 14.2. The van der Waals surface area contributed by atoms with Gasteiger partial charge in [0, 0.05) is 37.7 Å². The molecule has 0 N–H and O–H groups in total. The fourth-order valence-corrected chi connectivity index (χ4v) is 4.23. The zero-order chi connectivity index (χ0) is 17.2. The Morgan fingerprint density at radius 2 is 1.96 bits per heavy atom. The van der Waals surface area contributed by atoms with Crippen LogP contribution in [0.25, 0.3) is 0 Å². The Labute approximate surface area is 144 Å². The molecular weight excluding hydrogens is 337 g/mol. The smallest absolute Gasteiger partial charge is 0.341 e. The van der Waals surface area contributed by atoms with Crippen molar-refractivity contribution in [2.45, 2.75) is 19.1 Å². The molecule has 2 heterocycles. The third kappa shape index (κ3) is 4.25. The van der Waals surface area contributed by atoms with Crippen molar-refractivity contribution < 1.29 is 18.0 Å². The van der Waals surface area contributed by atoms with Crippen molar-refractivity contribution in [1.29, 1.82) is 0 Å². The first-order valence-electron chi connectivity index (χ1n) is 8.18. The molecule has 1 amide bonds. The molecule has 0 aromatic heterocycles. The van der Waals surface area contributed by atoms with Crippen LogP contribution in [0, 0.1) is 5.92 Å². The first-order valence-corrected chi connectivity index (χ1v) is 9.34. The molecule has 2 saturated heterocycles. The van der Waals surface area contributed by atoms with Crippen molar-refractivity contribution in [2.24, 2.45) is 5.92 Å². The highest BCUT2D eigenvalue weighted by Crippen LogP contribution is 2.30. The standard InChI is InChI=1S/C17H21F3N2OS/c18-17(19,20)15-3-1-2-13(10-15)11-21-5-4-14(12-21)16(23)22-6-8-24-9-7-22/h1-3,10,14H,4-9,11-12H2. The van der Waals surface area contributed by atoms with E-state index in [0.29, 0.717) is 18.7 Å². The van der Waals surface area contributed by atoms with Crippen molar-refractivity contribution in [3.63, 3.8) is 0 Å². The van der Waals surface area contributed by atoms with Gasteiger partial charge in [-0.2, -0.15) is 24.9 Å². The minimum Gasteiger partial charge on any atom is -0.341 e. The van der Waals surface area contributed by atoms with E-state index in [0.717, 1.165) is 43.6 Å². The fraction of sp³-hybridized carbons (Fsp3) is 0.588. The number of hydrogen-bond donors (Lipinski definition) is 0. The summed E-state index contributed by atoms with van der Waals surface area (Å²) < 4.78 is 38.4. The second-order valence-electron chi connectivity index (χ2n) is 6.36. The largest absolute Gasteiger partial charge is 0.416 e. The number of thioether (sulfide) groups is 1. The van der Waals surface area contributed by atoms with E-state index in [1.165, 1.54) is 12.1 Å². The van der Waals surface area contributed by atoms with Crippen LogP contribution in [0.3, 0.4) is 0 Å². The number of amides is 1. The Morgan fingerprint density at radius 1 is 1.21 bits per heavy atom. The number of benzene rings is 1. The normalized spacial score (nSPS) is 22.8. The van der Waals surface area contributed by atoms with Crippen molar-refractivity contribution in [3.05, 3.63) is 35.4 Å². The lowest BCUT2D eigenvalue weighted by Crippen LogP contribution is -2.42. The van der Waals surface area contributed by atoms with Crippen LogP contribution in [0.15, 0.2) is 24.3 Å². The van der Waals surface area contributed by atoms with Gasteiger partial charge in [0.2, 0.25) is 5.91 Å². The van der Waals surface area contributed by atoms with E-state index in [-0.39, 0.29) is 11.8 Å². The third-order valence-corrected chi connectivity index (χ3v) is 5.55. The minimum atomic E-state index is -4.31. The average molecular weight is 358 g/mol. The van der Waals surface area contributed by atoms with E-state index >= 15 is 0 Å². The van der Waals surface area contributed by atoms with Crippen molar-refractivity contribution in [1.82, 2.24) is 9.80 Å². The highest BCUT2D eigenvalue weighted by atomic mass is 32.2. The van der Waals surface area contributed by atoms with Gasteiger partial charge < -0.3 is 4.90 Å². The Balaban J connectivity index is 1.57.